The highest BCUT2D eigenvalue weighted by Crippen LogP contribution is 2.44. The van der Waals surface area contributed by atoms with Crippen LogP contribution in [0.25, 0.3) is 11.1 Å². The number of allylic oxidation sites excluding steroid dienone is 1. The van der Waals surface area contributed by atoms with Gasteiger partial charge in [0, 0.05) is 25.0 Å². The number of fused-ring (bicyclic) bond motifs is 1. The number of aromatic nitrogens is 2. The zero-order chi connectivity index (χ0) is 16.8. The van der Waals surface area contributed by atoms with Crippen molar-refractivity contribution in [1.82, 2.24) is 9.55 Å². The van der Waals surface area contributed by atoms with Crippen LogP contribution >= 0.6 is 0 Å². The predicted molar refractivity (Wildman–Crippen MR) is 93.8 cm³/mol. The van der Waals surface area contributed by atoms with E-state index in [2.05, 4.69) is 4.98 Å². The van der Waals surface area contributed by atoms with Crippen LogP contribution in [0.3, 0.4) is 0 Å². The summed E-state index contributed by atoms with van der Waals surface area (Å²) in [4.78, 5) is 4.52. The maximum Gasteiger partial charge on any atom is 0.140 e. The van der Waals surface area contributed by atoms with E-state index in [1.54, 1.807) is 24.4 Å². The number of benzene rings is 2. The highest BCUT2D eigenvalue weighted by atomic mass is 16.3. The minimum Gasteiger partial charge on any atom is -0.508 e. The monoisotopic (exact) mass is 318 g/mol. The van der Waals surface area contributed by atoms with Gasteiger partial charge in [-0.2, -0.15) is 0 Å². The minimum absolute atomic E-state index is 0.252. The van der Waals surface area contributed by atoms with Crippen molar-refractivity contribution in [3.8, 4) is 11.5 Å². The molecular formula is C20H18N2O2. The highest BCUT2D eigenvalue weighted by Gasteiger charge is 2.28. The molecule has 4 heteroatoms. The van der Waals surface area contributed by atoms with Crippen LogP contribution in [0.1, 0.15) is 28.1 Å². The number of hydrogen-bond donors (Lipinski definition) is 2. The quantitative estimate of drug-likeness (QED) is 0.758. The zero-order valence-corrected chi connectivity index (χ0v) is 13.6. The molecule has 4 nitrogen and oxygen atoms in total. The Morgan fingerprint density at radius 2 is 1.79 bits per heavy atom. The lowest BCUT2D eigenvalue weighted by atomic mass is 9.99. The van der Waals surface area contributed by atoms with Crippen molar-refractivity contribution >= 4 is 11.1 Å². The van der Waals surface area contributed by atoms with Gasteiger partial charge in [0.15, 0.2) is 0 Å². The number of imidazole rings is 1. The summed E-state index contributed by atoms with van der Waals surface area (Å²) >= 11 is 0. The molecule has 1 heterocycles. The van der Waals surface area contributed by atoms with Gasteiger partial charge in [0.25, 0.3) is 0 Å². The van der Waals surface area contributed by atoms with Gasteiger partial charge in [-0.25, -0.2) is 4.98 Å². The summed E-state index contributed by atoms with van der Waals surface area (Å²) < 4.78 is 1.99. The second-order valence-corrected chi connectivity index (χ2v) is 6.23. The van der Waals surface area contributed by atoms with Crippen LogP contribution in [0.5, 0.6) is 11.5 Å². The summed E-state index contributed by atoms with van der Waals surface area (Å²) in [6, 6.07) is 10.9. The third kappa shape index (κ3) is 2.19. The normalized spacial score (nSPS) is 13.4. The topological polar surface area (TPSA) is 58.3 Å². The Morgan fingerprint density at radius 1 is 1.04 bits per heavy atom. The van der Waals surface area contributed by atoms with Gasteiger partial charge in [-0.3, -0.25) is 0 Å². The Labute approximate surface area is 140 Å². The molecule has 4 rings (SSSR count). The van der Waals surface area contributed by atoms with Crippen LogP contribution in [-0.4, -0.2) is 19.8 Å². The van der Waals surface area contributed by atoms with E-state index in [0.29, 0.717) is 0 Å². The summed E-state index contributed by atoms with van der Waals surface area (Å²) in [5, 5.41) is 19.7. The van der Waals surface area contributed by atoms with E-state index in [9.17, 15) is 10.2 Å². The SMILES string of the molecule is Cc1cc(O)cc2c1CC(c1ccc(O)cc1)=C2c1nccn1C. The fourth-order valence-electron chi connectivity index (χ4n) is 3.45. The van der Waals surface area contributed by atoms with Gasteiger partial charge < -0.3 is 14.8 Å². The minimum atomic E-state index is 0.252. The average molecular weight is 318 g/mol. The molecule has 0 atom stereocenters. The second-order valence-electron chi connectivity index (χ2n) is 6.23. The first-order valence-corrected chi connectivity index (χ1v) is 7.87. The number of hydrogen-bond acceptors (Lipinski definition) is 3. The molecular weight excluding hydrogens is 300 g/mol. The molecule has 24 heavy (non-hydrogen) atoms. The molecule has 0 fully saturated rings. The van der Waals surface area contributed by atoms with Crippen molar-refractivity contribution in [2.45, 2.75) is 13.3 Å². The van der Waals surface area contributed by atoms with Crippen molar-refractivity contribution in [3.63, 3.8) is 0 Å². The molecule has 1 aliphatic rings. The van der Waals surface area contributed by atoms with E-state index in [0.717, 1.165) is 40.1 Å². The van der Waals surface area contributed by atoms with Crippen LogP contribution in [0.15, 0.2) is 48.8 Å². The Hall–Kier alpha value is -3.01. The number of aryl methyl sites for hydroxylation is 2. The zero-order valence-electron chi connectivity index (χ0n) is 13.6. The van der Waals surface area contributed by atoms with E-state index in [1.807, 2.05) is 42.9 Å². The Balaban J connectivity index is 2.00. The molecule has 0 unspecified atom stereocenters. The van der Waals surface area contributed by atoms with Crippen molar-refractivity contribution in [2.24, 2.45) is 7.05 Å². The number of aromatic hydroxyl groups is 2. The van der Waals surface area contributed by atoms with Gasteiger partial charge >= 0.3 is 0 Å². The third-order valence-electron chi connectivity index (χ3n) is 4.64. The molecule has 0 spiro atoms. The van der Waals surface area contributed by atoms with Crippen molar-refractivity contribution in [2.75, 3.05) is 0 Å². The van der Waals surface area contributed by atoms with Crippen molar-refractivity contribution in [1.29, 1.82) is 0 Å². The molecule has 120 valence electrons. The lowest BCUT2D eigenvalue weighted by Gasteiger charge is -2.10. The number of nitrogens with zero attached hydrogens (tertiary/aromatic N) is 2. The van der Waals surface area contributed by atoms with Crippen molar-refractivity contribution < 1.29 is 10.2 Å². The summed E-state index contributed by atoms with van der Waals surface area (Å²) in [6.45, 7) is 2.02. The van der Waals surface area contributed by atoms with Crippen LogP contribution < -0.4 is 0 Å². The first kappa shape index (κ1) is 14.6. The summed E-state index contributed by atoms with van der Waals surface area (Å²) in [5.41, 5.74) is 6.58. The van der Waals surface area contributed by atoms with Crippen LogP contribution in [0, 0.1) is 6.92 Å². The summed E-state index contributed by atoms with van der Waals surface area (Å²) in [6.07, 6.45) is 4.49. The van der Waals surface area contributed by atoms with Gasteiger partial charge in [0.1, 0.15) is 17.3 Å². The van der Waals surface area contributed by atoms with Crippen LogP contribution in [-0.2, 0) is 13.5 Å². The van der Waals surface area contributed by atoms with Crippen LogP contribution in [0.2, 0.25) is 0 Å². The second kappa shape index (κ2) is 5.27. The highest BCUT2D eigenvalue weighted by molar-refractivity contribution is 6.03. The fourth-order valence-corrected chi connectivity index (χ4v) is 3.45. The van der Waals surface area contributed by atoms with Gasteiger partial charge in [-0.15, -0.1) is 0 Å². The van der Waals surface area contributed by atoms with E-state index >= 15 is 0 Å². The first-order valence-electron chi connectivity index (χ1n) is 7.87. The van der Waals surface area contributed by atoms with E-state index in [4.69, 9.17) is 0 Å². The molecule has 2 aromatic carbocycles. The Bertz CT molecular complexity index is 966. The molecule has 0 saturated carbocycles. The largest absolute Gasteiger partial charge is 0.508 e. The fraction of sp³-hybridized carbons (Fsp3) is 0.150. The number of phenolic OH excluding ortho intramolecular Hbond substituents is 2. The summed E-state index contributed by atoms with van der Waals surface area (Å²) in [5.74, 6) is 1.40. The molecule has 3 aromatic rings. The number of phenols is 2. The van der Waals surface area contributed by atoms with Gasteiger partial charge in [-0.1, -0.05) is 12.1 Å². The van der Waals surface area contributed by atoms with Gasteiger partial charge in [0.05, 0.1) is 0 Å². The lowest BCUT2D eigenvalue weighted by Crippen LogP contribution is -1.99. The summed E-state index contributed by atoms with van der Waals surface area (Å²) in [7, 11) is 1.97. The lowest BCUT2D eigenvalue weighted by molar-refractivity contribution is 0.474. The molecule has 0 radical (unpaired) electrons. The molecule has 0 bridgehead atoms. The smallest absolute Gasteiger partial charge is 0.140 e. The maximum absolute atomic E-state index is 10.1. The third-order valence-corrected chi connectivity index (χ3v) is 4.64. The molecule has 0 amide bonds. The van der Waals surface area contributed by atoms with Crippen LogP contribution in [0.4, 0.5) is 0 Å². The molecule has 0 saturated heterocycles. The molecule has 2 N–H and O–H groups in total. The van der Waals surface area contributed by atoms with Crippen molar-refractivity contribution in [3.05, 3.63) is 76.9 Å². The van der Waals surface area contributed by atoms with Gasteiger partial charge in [0.2, 0.25) is 0 Å². The standard InChI is InChI=1S/C20H18N2O2/c1-12-9-15(24)10-18-16(12)11-17(13-3-5-14(23)6-4-13)19(18)20-21-7-8-22(20)2/h3-10,23-24H,11H2,1-2H3. The average Bonchev–Trinajstić information content (AvgIpc) is 3.11. The first-order chi connectivity index (χ1) is 11.5. The Kier molecular flexibility index (Phi) is 3.20. The van der Waals surface area contributed by atoms with E-state index < -0.39 is 0 Å². The van der Waals surface area contributed by atoms with E-state index in [-0.39, 0.29) is 11.5 Å². The molecule has 1 aliphatic carbocycles. The number of rotatable bonds is 2. The molecule has 0 aliphatic heterocycles. The maximum atomic E-state index is 10.1. The molecule has 1 aromatic heterocycles. The predicted octanol–water partition coefficient (Wildman–Crippen LogP) is 3.65. The Morgan fingerprint density at radius 3 is 2.46 bits per heavy atom. The van der Waals surface area contributed by atoms with Gasteiger partial charge in [-0.05, 0) is 65.4 Å². The van der Waals surface area contributed by atoms with E-state index in [1.165, 1.54) is 5.56 Å².